The number of benzene rings is 1. The molecule has 1 aliphatic rings. The van der Waals surface area contributed by atoms with Gasteiger partial charge in [0.05, 0.1) is 0 Å². The van der Waals surface area contributed by atoms with Crippen LogP contribution in [-0.2, 0) is 0 Å². The number of anilines is 1. The third-order valence-corrected chi connectivity index (χ3v) is 3.95. The highest BCUT2D eigenvalue weighted by atomic mass is 79.9. The van der Waals surface area contributed by atoms with Crippen molar-refractivity contribution in [2.24, 2.45) is 0 Å². The summed E-state index contributed by atoms with van der Waals surface area (Å²) in [4.78, 5) is 0. The van der Waals surface area contributed by atoms with Crippen molar-refractivity contribution in [3.05, 3.63) is 28.2 Å². The van der Waals surface area contributed by atoms with Crippen molar-refractivity contribution in [2.75, 3.05) is 18.4 Å². The number of hydrogen-bond donors (Lipinski definition) is 2. The first-order valence-corrected chi connectivity index (χ1v) is 6.29. The summed E-state index contributed by atoms with van der Waals surface area (Å²) in [6.45, 7) is 4.30. The molecule has 0 aromatic heterocycles. The quantitative estimate of drug-likeness (QED) is 0.881. The van der Waals surface area contributed by atoms with E-state index in [1.54, 1.807) is 0 Å². The highest BCUT2D eigenvalue weighted by Gasteiger charge is 2.13. The average Bonchev–Trinajstić information content (AvgIpc) is 2.73. The van der Waals surface area contributed by atoms with Gasteiger partial charge >= 0.3 is 0 Å². The van der Waals surface area contributed by atoms with E-state index < -0.39 is 0 Å². The number of nitrogens with one attached hydrogen (secondary N) is 2. The van der Waals surface area contributed by atoms with E-state index in [0.717, 1.165) is 6.54 Å². The molecule has 0 amide bonds. The molecule has 1 aromatic rings. The van der Waals surface area contributed by atoms with Crippen molar-refractivity contribution < 1.29 is 0 Å². The lowest BCUT2D eigenvalue weighted by Gasteiger charge is -2.14. The molecule has 2 N–H and O–H groups in total. The molecule has 1 aliphatic heterocycles. The van der Waals surface area contributed by atoms with Gasteiger partial charge in [-0.25, -0.2) is 0 Å². The summed E-state index contributed by atoms with van der Waals surface area (Å²) in [7, 11) is 0. The molecule has 1 heterocycles. The molecule has 0 radical (unpaired) electrons. The lowest BCUT2D eigenvalue weighted by atomic mass is 10.2. The topological polar surface area (TPSA) is 24.1 Å². The first-order chi connectivity index (χ1) is 7.27. The highest BCUT2D eigenvalue weighted by molar-refractivity contribution is 9.10. The monoisotopic (exact) mass is 268 g/mol. The lowest BCUT2D eigenvalue weighted by Crippen LogP contribution is -2.29. The fourth-order valence-corrected chi connectivity index (χ4v) is 2.35. The Balaban J connectivity index is 1.95. The molecule has 0 aliphatic carbocycles. The molecule has 15 heavy (non-hydrogen) atoms. The van der Waals surface area contributed by atoms with Crippen molar-refractivity contribution in [1.82, 2.24) is 5.32 Å². The SMILES string of the molecule is Cc1cccc(NCC2CCCN2)c1Br. The summed E-state index contributed by atoms with van der Waals surface area (Å²) in [6.07, 6.45) is 2.60. The first kappa shape index (κ1) is 11.0. The summed E-state index contributed by atoms with van der Waals surface area (Å²) in [5, 5.41) is 6.97. The minimum Gasteiger partial charge on any atom is -0.383 e. The van der Waals surface area contributed by atoms with Gasteiger partial charge in [-0.15, -0.1) is 0 Å². The van der Waals surface area contributed by atoms with Crippen LogP contribution in [0.5, 0.6) is 0 Å². The van der Waals surface area contributed by atoms with E-state index in [4.69, 9.17) is 0 Å². The largest absolute Gasteiger partial charge is 0.383 e. The fraction of sp³-hybridized carbons (Fsp3) is 0.500. The number of hydrogen-bond acceptors (Lipinski definition) is 2. The molecule has 2 nitrogen and oxygen atoms in total. The van der Waals surface area contributed by atoms with Crippen LogP contribution in [0.4, 0.5) is 5.69 Å². The highest BCUT2D eigenvalue weighted by Crippen LogP contribution is 2.25. The van der Waals surface area contributed by atoms with Gasteiger partial charge in [0, 0.05) is 22.7 Å². The van der Waals surface area contributed by atoms with E-state index in [1.165, 1.54) is 35.1 Å². The molecule has 0 spiro atoms. The molecule has 3 heteroatoms. The molecule has 1 aromatic carbocycles. The van der Waals surface area contributed by atoms with Crippen LogP contribution in [0.15, 0.2) is 22.7 Å². The van der Waals surface area contributed by atoms with Gasteiger partial charge in [-0.1, -0.05) is 12.1 Å². The van der Waals surface area contributed by atoms with Gasteiger partial charge in [0.15, 0.2) is 0 Å². The minimum absolute atomic E-state index is 0.636. The van der Waals surface area contributed by atoms with E-state index in [1.807, 2.05) is 0 Å². The summed E-state index contributed by atoms with van der Waals surface area (Å²) in [5.41, 5.74) is 2.48. The van der Waals surface area contributed by atoms with Crippen LogP contribution in [0.3, 0.4) is 0 Å². The maximum absolute atomic E-state index is 3.61. The lowest BCUT2D eigenvalue weighted by molar-refractivity contribution is 0.633. The summed E-state index contributed by atoms with van der Waals surface area (Å²) in [6, 6.07) is 6.96. The molecular weight excluding hydrogens is 252 g/mol. The molecule has 1 atom stereocenters. The van der Waals surface area contributed by atoms with Gasteiger partial charge in [0.2, 0.25) is 0 Å². The molecular formula is C12H17BrN2. The van der Waals surface area contributed by atoms with E-state index in [2.05, 4.69) is 51.7 Å². The Bertz CT molecular complexity index is 332. The van der Waals surface area contributed by atoms with Gasteiger partial charge < -0.3 is 10.6 Å². The predicted octanol–water partition coefficient (Wildman–Crippen LogP) is 2.92. The van der Waals surface area contributed by atoms with Crippen molar-refractivity contribution in [2.45, 2.75) is 25.8 Å². The zero-order valence-corrected chi connectivity index (χ0v) is 10.6. The maximum atomic E-state index is 3.61. The standard InChI is InChI=1S/C12H17BrN2/c1-9-4-2-6-11(12(9)13)15-8-10-5-3-7-14-10/h2,4,6,10,14-15H,3,5,7-8H2,1H3. The second-order valence-electron chi connectivity index (χ2n) is 4.11. The van der Waals surface area contributed by atoms with Crippen LogP contribution >= 0.6 is 15.9 Å². The van der Waals surface area contributed by atoms with Crippen LogP contribution in [0.1, 0.15) is 18.4 Å². The Morgan fingerprint density at radius 2 is 2.40 bits per heavy atom. The Morgan fingerprint density at radius 3 is 3.13 bits per heavy atom. The van der Waals surface area contributed by atoms with Crippen molar-refractivity contribution in [3.63, 3.8) is 0 Å². The number of rotatable bonds is 3. The molecule has 82 valence electrons. The summed E-state index contributed by atoms with van der Waals surface area (Å²) < 4.78 is 1.18. The van der Waals surface area contributed by atoms with Crippen molar-refractivity contribution in [1.29, 1.82) is 0 Å². The zero-order valence-electron chi connectivity index (χ0n) is 9.02. The normalized spacial score (nSPS) is 20.5. The second kappa shape index (κ2) is 4.99. The predicted molar refractivity (Wildman–Crippen MR) is 68.4 cm³/mol. The molecule has 0 bridgehead atoms. The van der Waals surface area contributed by atoms with Gasteiger partial charge in [-0.3, -0.25) is 0 Å². The molecule has 1 saturated heterocycles. The third-order valence-electron chi connectivity index (χ3n) is 2.89. The Kier molecular flexibility index (Phi) is 3.65. The van der Waals surface area contributed by atoms with E-state index in [9.17, 15) is 0 Å². The van der Waals surface area contributed by atoms with Gasteiger partial charge in [-0.2, -0.15) is 0 Å². The van der Waals surface area contributed by atoms with Crippen LogP contribution in [0.25, 0.3) is 0 Å². The fourth-order valence-electron chi connectivity index (χ4n) is 1.95. The molecule has 1 unspecified atom stereocenters. The Morgan fingerprint density at radius 1 is 1.53 bits per heavy atom. The minimum atomic E-state index is 0.636. The maximum Gasteiger partial charge on any atom is 0.0487 e. The number of halogens is 1. The van der Waals surface area contributed by atoms with Crippen LogP contribution < -0.4 is 10.6 Å². The van der Waals surface area contributed by atoms with E-state index >= 15 is 0 Å². The van der Waals surface area contributed by atoms with E-state index in [0.29, 0.717) is 6.04 Å². The van der Waals surface area contributed by atoms with Crippen molar-refractivity contribution >= 4 is 21.6 Å². The average molecular weight is 269 g/mol. The summed E-state index contributed by atoms with van der Waals surface area (Å²) >= 11 is 3.61. The third kappa shape index (κ3) is 2.73. The van der Waals surface area contributed by atoms with Gasteiger partial charge in [-0.05, 0) is 53.9 Å². The Labute approximate surface area is 99.6 Å². The number of aryl methyl sites for hydroxylation is 1. The summed E-state index contributed by atoms with van der Waals surface area (Å²) in [5.74, 6) is 0. The van der Waals surface area contributed by atoms with Crippen LogP contribution in [0, 0.1) is 6.92 Å². The molecule has 0 saturated carbocycles. The van der Waals surface area contributed by atoms with Gasteiger partial charge in [0.25, 0.3) is 0 Å². The molecule has 2 rings (SSSR count). The van der Waals surface area contributed by atoms with E-state index in [-0.39, 0.29) is 0 Å². The zero-order chi connectivity index (χ0) is 10.7. The molecule has 1 fully saturated rings. The van der Waals surface area contributed by atoms with Gasteiger partial charge in [0.1, 0.15) is 0 Å². The smallest absolute Gasteiger partial charge is 0.0487 e. The first-order valence-electron chi connectivity index (χ1n) is 5.50. The van der Waals surface area contributed by atoms with Crippen molar-refractivity contribution in [3.8, 4) is 0 Å². The second-order valence-corrected chi connectivity index (χ2v) is 4.90. The van der Waals surface area contributed by atoms with Crippen LogP contribution in [0.2, 0.25) is 0 Å². The van der Waals surface area contributed by atoms with Crippen LogP contribution in [-0.4, -0.2) is 19.1 Å². The Hall–Kier alpha value is -0.540.